The number of rotatable bonds is 5. The zero-order chi connectivity index (χ0) is 19.7. The minimum absolute atomic E-state index is 0.0266. The first kappa shape index (κ1) is 20.4. The number of nitrogens with one attached hydrogen (secondary N) is 1. The lowest BCUT2D eigenvalue weighted by Gasteiger charge is -2.37. The maximum Gasteiger partial charge on any atom is 0.242 e. The molecule has 7 heteroatoms. The van der Waals surface area contributed by atoms with Gasteiger partial charge in [-0.15, -0.1) is 0 Å². The maximum atomic E-state index is 13.2. The number of carbonyl (C=O) groups excluding carboxylic acids is 1. The van der Waals surface area contributed by atoms with Crippen LogP contribution in [-0.2, 0) is 14.8 Å². The molecule has 0 bridgehead atoms. The van der Waals surface area contributed by atoms with Crippen molar-refractivity contribution >= 4 is 32.4 Å². The van der Waals surface area contributed by atoms with Crippen molar-refractivity contribution < 1.29 is 13.2 Å². The van der Waals surface area contributed by atoms with Gasteiger partial charge in [0.25, 0.3) is 0 Å². The number of sulfonamides is 1. The fraction of sp³-hybridized carbons (Fsp3) is 0.550. The molecule has 1 fully saturated rings. The Hall–Kier alpha value is -1.37. The first-order chi connectivity index (χ1) is 12.8. The minimum atomic E-state index is -3.70. The quantitative estimate of drug-likeness (QED) is 0.799. The standard InChI is InChI=1S/C20H27ClN2O3S/c1-3-18(24)23(4-2)14-16-19(15-10-6-7-11-17(15)21)27(25,26)22-20(16)12-8-5-9-13-20/h6-7,10-11,22H,3-5,8-9,12-14H2,1-2H3. The van der Waals surface area contributed by atoms with Gasteiger partial charge in [0.15, 0.2) is 0 Å². The number of likely N-dealkylation sites (N-methyl/N-ethyl adjacent to an activating group) is 1. The zero-order valence-corrected chi connectivity index (χ0v) is 17.5. The zero-order valence-electron chi connectivity index (χ0n) is 15.9. The second kappa shape index (κ2) is 7.94. The third-order valence-corrected chi connectivity index (χ3v) is 7.65. The summed E-state index contributed by atoms with van der Waals surface area (Å²) in [5.41, 5.74) is 0.704. The summed E-state index contributed by atoms with van der Waals surface area (Å²) in [6, 6.07) is 7.03. The molecule has 1 aliphatic carbocycles. The van der Waals surface area contributed by atoms with Gasteiger partial charge in [-0.1, -0.05) is 56.0 Å². The molecule has 3 rings (SSSR count). The fourth-order valence-electron chi connectivity index (χ4n) is 4.28. The highest BCUT2D eigenvalue weighted by Gasteiger charge is 2.49. The SMILES string of the molecule is CCC(=O)N(CC)CC1=C(c2ccccc2Cl)S(=O)(=O)NC12CCCCC2. The number of halogens is 1. The molecule has 1 spiro atoms. The highest BCUT2D eigenvalue weighted by atomic mass is 35.5. The van der Waals surface area contributed by atoms with E-state index in [9.17, 15) is 13.2 Å². The van der Waals surface area contributed by atoms with E-state index in [-0.39, 0.29) is 10.8 Å². The van der Waals surface area contributed by atoms with Gasteiger partial charge in [-0.2, -0.15) is 0 Å². The van der Waals surface area contributed by atoms with Crippen LogP contribution in [0.4, 0.5) is 0 Å². The lowest BCUT2D eigenvalue weighted by molar-refractivity contribution is -0.130. The van der Waals surface area contributed by atoms with E-state index in [4.69, 9.17) is 11.6 Å². The average Bonchev–Trinajstić information content (AvgIpc) is 2.85. The monoisotopic (exact) mass is 410 g/mol. The van der Waals surface area contributed by atoms with Crippen LogP contribution in [0, 0.1) is 0 Å². The molecule has 1 saturated carbocycles. The molecule has 0 unspecified atom stereocenters. The van der Waals surface area contributed by atoms with E-state index in [2.05, 4.69) is 4.72 Å². The van der Waals surface area contributed by atoms with Crippen LogP contribution in [0.5, 0.6) is 0 Å². The molecule has 148 valence electrons. The highest BCUT2D eigenvalue weighted by Crippen LogP contribution is 2.46. The summed E-state index contributed by atoms with van der Waals surface area (Å²) < 4.78 is 29.3. The molecule has 1 aliphatic heterocycles. The first-order valence-corrected chi connectivity index (χ1v) is 11.5. The first-order valence-electron chi connectivity index (χ1n) is 9.65. The van der Waals surface area contributed by atoms with Crippen molar-refractivity contribution in [1.29, 1.82) is 0 Å². The lowest BCUT2D eigenvalue weighted by Crippen LogP contribution is -2.48. The van der Waals surface area contributed by atoms with Crippen LogP contribution in [0.1, 0.15) is 57.9 Å². The molecule has 1 aromatic carbocycles. The van der Waals surface area contributed by atoms with Gasteiger partial charge in [-0.3, -0.25) is 4.79 Å². The molecule has 2 aliphatic rings. The van der Waals surface area contributed by atoms with Gasteiger partial charge in [0.05, 0.1) is 10.4 Å². The maximum absolute atomic E-state index is 13.2. The molecular formula is C20H27ClN2O3S. The summed E-state index contributed by atoms with van der Waals surface area (Å²) in [5, 5.41) is 0.410. The second-order valence-electron chi connectivity index (χ2n) is 7.30. The van der Waals surface area contributed by atoms with E-state index in [0.29, 0.717) is 30.1 Å². The van der Waals surface area contributed by atoms with Crippen molar-refractivity contribution in [1.82, 2.24) is 9.62 Å². The minimum Gasteiger partial charge on any atom is -0.339 e. The number of benzene rings is 1. The summed E-state index contributed by atoms with van der Waals surface area (Å²) in [6.45, 7) is 4.61. The van der Waals surface area contributed by atoms with Crippen molar-refractivity contribution in [3.8, 4) is 0 Å². The number of hydrogen-bond donors (Lipinski definition) is 1. The summed E-state index contributed by atoms with van der Waals surface area (Å²) in [7, 11) is -3.70. The van der Waals surface area contributed by atoms with Crippen molar-refractivity contribution in [3.05, 3.63) is 40.4 Å². The van der Waals surface area contributed by atoms with E-state index < -0.39 is 15.6 Å². The molecule has 1 amide bonds. The second-order valence-corrected chi connectivity index (χ2v) is 9.32. The Labute approximate surface area is 166 Å². The van der Waals surface area contributed by atoms with E-state index >= 15 is 0 Å². The van der Waals surface area contributed by atoms with Crippen molar-refractivity contribution in [2.45, 2.75) is 57.9 Å². The van der Waals surface area contributed by atoms with Gasteiger partial charge in [0.1, 0.15) is 0 Å². The summed E-state index contributed by atoms with van der Waals surface area (Å²) in [6.07, 6.45) is 4.95. The van der Waals surface area contributed by atoms with Crippen LogP contribution < -0.4 is 4.72 Å². The topological polar surface area (TPSA) is 66.5 Å². The van der Waals surface area contributed by atoms with Crippen LogP contribution in [0.25, 0.3) is 4.91 Å². The molecule has 0 aromatic heterocycles. The molecule has 1 aromatic rings. The Bertz CT molecular complexity index is 858. The highest BCUT2D eigenvalue weighted by molar-refractivity contribution is 7.99. The van der Waals surface area contributed by atoms with Crippen LogP contribution in [-0.4, -0.2) is 37.9 Å². The molecular weight excluding hydrogens is 384 g/mol. The lowest BCUT2D eigenvalue weighted by atomic mass is 9.76. The molecule has 0 saturated heterocycles. The summed E-state index contributed by atoms with van der Waals surface area (Å²) in [5.74, 6) is 0.0266. The Kier molecular flexibility index (Phi) is 5.99. The van der Waals surface area contributed by atoms with Gasteiger partial charge in [0.2, 0.25) is 15.9 Å². The number of amides is 1. The van der Waals surface area contributed by atoms with Gasteiger partial charge >= 0.3 is 0 Å². The van der Waals surface area contributed by atoms with Crippen molar-refractivity contribution in [2.75, 3.05) is 13.1 Å². The molecule has 27 heavy (non-hydrogen) atoms. The Morgan fingerprint density at radius 3 is 2.44 bits per heavy atom. The van der Waals surface area contributed by atoms with Crippen LogP contribution in [0.2, 0.25) is 5.02 Å². The summed E-state index contributed by atoms with van der Waals surface area (Å²) >= 11 is 6.38. The molecule has 0 radical (unpaired) electrons. The van der Waals surface area contributed by atoms with E-state index in [0.717, 1.165) is 37.7 Å². The van der Waals surface area contributed by atoms with E-state index in [1.165, 1.54) is 0 Å². The molecule has 5 nitrogen and oxygen atoms in total. The van der Waals surface area contributed by atoms with E-state index in [1.54, 1.807) is 29.2 Å². The van der Waals surface area contributed by atoms with Gasteiger partial charge < -0.3 is 4.90 Å². The Morgan fingerprint density at radius 1 is 1.19 bits per heavy atom. The van der Waals surface area contributed by atoms with Crippen LogP contribution in [0.3, 0.4) is 0 Å². The molecule has 1 heterocycles. The molecule has 0 atom stereocenters. The van der Waals surface area contributed by atoms with E-state index in [1.807, 2.05) is 13.8 Å². The summed E-state index contributed by atoms with van der Waals surface area (Å²) in [4.78, 5) is 14.4. The fourth-order valence-corrected chi connectivity index (χ4v) is 6.56. The largest absolute Gasteiger partial charge is 0.339 e. The average molecular weight is 411 g/mol. The number of nitrogens with zero attached hydrogens (tertiary/aromatic N) is 1. The van der Waals surface area contributed by atoms with Gasteiger partial charge in [0, 0.05) is 30.1 Å². The Balaban J connectivity index is 2.20. The van der Waals surface area contributed by atoms with Crippen LogP contribution in [0.15, 0.2) is 29.8 Å². The predicted molar refractivity (Wildman–Crippen MR) is 109 cm³/mol. The smallest absolute Gasteiger partial charge is 0.242 e. The Morgan fingerprint density at radius 2 is 1.85 bits per heavy atom. The third-order valence-electron chi connectivity index (χ3n) is 5.66. The molecule has 1 N–H and O–H groups in total. The van der Waals surface area contributed by atoms with Crippen molar-refractivity contribution in [2.24, 2.45) is 0 Å². The van der Waals surface area contributed by atoms with Gasteiger partial charge in [-0.25, -0.2) is 13.1 Å². The third kappa shape index (κ3) is 3.80. The van der Waals surface area contributed by atoms with Crippen LogP contribution >= 0.6 is 11.6 Å². The van der Waals surface area contributed by atoms with Gasteiger partial charge in [-0.05, 0) is 31.4 Å². The predicted octanol–water partition coefficient (Wildman–Crippen LogP) is 3.95. The normalized spacial score (nSPS) is 20.9. The van der Waals surface area contributed by atoms with Crippen molar-refractivity contribution in [3.63, 3.8) is 0 Å². The number of carbonyl (C=O) groups is 1. The number of hydrogen-bond acceptors (Lipinski definition) is 3.